The van der Waals surface area contributed by atoms with Crippen molar-refractivity contribution >= 4 is 11.9 Å². The molecule has 0 amide bonds. The average Bonchev–Trinajstić information content (AvgIpc) is 1.36. The van der Waals surface area contributed by atoms with Crippen LogP contribution in [-0.4, -0.2) is 38.6 Å². The molecule has 0 saturated carbocycles. The van der Waals surface area contributed by atoms with Crippen LogP contribution in [0.2, 0.25) is 0 Å². The quantitative estimate of drug-likeness (QED) is 0.282. The van der Waals surface area contributed by atoms with Crippen LogP contribution in [0.25, 0.3) is 0 Å². The van der Waals surface area contributed by atoms with Crippen LogP contribution >= 0.6 is 0 Å². The Morgan fingerprint density at radius 3 is 0.909 bits per heavy atom. The molecule has 0 aromatic rings. The molecule has 0 bridgehead atoms. The zero-order valence-corrected chi connectivity index (χ0v) is 6.38. The first-order valence-corrected chi connectivity index (χ1v) is 1.11. The van der Waals surface area contributed by atoms with E-state index in [1.807, 2.05) is 0 Å². The maximum atomic E-state index is 9.10. The van der Waals surface area contributed by atoms with Crippen LogP contribution in [0.4, 0.5) is 0 Å². The number of carboxylic acid groups (broad SMARTS) is 2. The minimum atomic E-state index is -1.82. The molecule has 0 saturated heterocycles. The fourth-order valence-electron chi connectivity index (χ4n) is 0. The largest absolute Gasteiger partial charge is 0.473 e. The van der Waals surface area contributed by atoms with E-state index >= 15 is 0 Å². The Bertz CT molecular complexity index is 82.4. The molecule has 0 radical (unpaired) electrons. The average molecular weight is 217 g/mol. The SMILES string of the molecule is N.O.O.O.O=C(O)C(=O)O.[Fe]. The molecule has 11 heavy (non-hydrogen) atoms. The zero-order valence-electron chi connectivity index (χ0n) is 5.27. The van der Waals surface area contributed by atoms with Crippen molar-refractivity contribution in [1.29, 1.82) is 0 Å². The molecule has 0 rings (SSSR count). The second-order valence-electron chi connectivity index (χ2n) is 0.610. The van der Waals surface area contributed by atoms with Gasteiger partial charge in [0, 0.05) is 17.1 Å². The van der Waals surface area contributed by atoms with Gasteiger partial charge in [0.25, 0.3) is 0 Å². The second-order valence-corrected chi connectivity index (χ2v) is 0.610. The van der Waals surface area contributed by atoms with E-state index in [4.69, 9.17) is 19.8 Å². The number of hydrogen-bond acceptors (Lipinski definition) is 3. The summed E-state index contributed by atoms with van der Waals surface area (Å²) < 4.78 is 0. The van der Waals surface area contributed by atoms with E-state index in [0.717, 1.165) is 0 Å². The van der Waals surface area contributed by atoms with E-state index in [2.05, 4.69) is 0 Å². The summed E-state index contributed by atoms with van der Waals surface area (Å²) in [5.74, 6) is -3.65. The first-order chi connectivity index (χ1) is 2.64. The third kappa shape index (κ3) is 45.5. The standard InChI is InChI=1S/C2H2O4.Fe.H3N.3H2O/c3-1(4)2(5)6;;;;;/h(H,3,4)(H,5,6);;1H3;3*1H2. The summed E-state index contributed by atoms with van der Waals surface area (Å²) in [5, 5.41) is 14.8. The summed E-state index contributed by atoms with van der Waals surface area (Å²) in [6, 6.07) is 0. The van der Waals surface area contributed by atoms with Crippen LogP contribution in [0.3, 0.4) is 0 Å². The van der Waals surface area contributed by atoms with Crippen LogP contribution in [0.1, 0.15) is 0 Å². The van der Waals surface area contributed by atoms with Gasteiger partial charge in [-0.3, -0.25) is 0 Å². The van der Waals surface area contributed by atoms with Crippen molar-refractivity contribution in [3.63, 3.8) is 0 Å². The Labute approximate surface area is 72.2 Å². The van der Waals surface area contributed by atoms with Gasteiger partial charge >= 0.3 is 11.9 Å². The van der Waals surface area contributed by atoms with Crippen molar-refractivity contribution in [2.75, 3.05) is 0 Å². The van der Waals surface area contributed by atoms with Crippen LogP contribution in [0.5, 0.6) is 0 Å². The van der Waals surface area contributed by atoms with Crippen LogP contribution < -0.4 is 6.15 Å². The van der Waals surface area contributed by atoms with E-state index in [1.165, 1.54) is 0 Å². The molecule has 9 heteroatoms. The smallest absolute Gasteiger partial charge is 0.414 e. The Morgan fingerprint density at radius 1 is 0.818 bits per heavy atom. The van der Waals surface area contributed by atoms with Gasteiger partial charge in [0.05, 0.1) is 0 Å². The third-order valence-corrected chi connectivity index (χ3v) is 0.183. The van der Waals surface area contributed by atoms with E-state index in [-0.39, 0.29) is 39.6 Å². The second kappa shape index (κ2) is 22.8. The van der Waals surface area contributed by atoms with E-state index in [1.54, 1.807) is 0 Å². The first-order valence-electron chi connectivity index (χ1n) is 1.11. The molecule has 8 nitrogen and oxygen atoms in total. The molecule has 0 aromatic heterocycles. The van der Waals surface area contributed by atoms with Crippen molar-refractivity contribution in [1.82, 2.24) is 6.15 Å². The molecular weight excluding hydrogens is 206 g/mol. The summed E-state index contributed by atoms with van der Waals surface area (Å²) >= 11 is 0. The normalized spacial score (nSPS) is 4.00. The van der Waals surface area contributed by atoms with Gasteiger partial charge in [0.15, 0.2) is 0 Å². The van der Waals surface area contributed by atoms with Crippen molar-refractivity contribution < 1.29 is 53.3 Å². The van der Waals surface area contributed by atoms with Crippen molar-refractivity contribution in [2.24, 2.45) is 0 Å². The topological polar surface area (TPSA) is 204 Å². The fourth-order valence-corrected chi connectivity index (χ4v) is 0. The Balaban J connectivity index is -0.0000000125. The van der Waals surface area contributed by atoms with Crippen LogP contribution in [0.15, 0.2) is 0 Å². The Morgan fingerprint density at radius 2 is 0.909 bits per heavy atom. The van der Waals surface area contributed by atoms with Crippen LogP contribution in [-0.2, 0) is 26.7 Å². The predicted molar refractivity (Wildman–Crippen MR) is 31.1 cm³/mol. The molecule has 0 atom stereocenters. The number of carbonyl (C=O) groups is 2. The minimum absolute atomic E-state index is 0. The minimum Gasteiger partial charge on any atom is -0.473 e. The van der Waals surface area contributed by atoms with Gasteiger partial charge < -0.3 is 32.8 Å². The van der Waals surface area contributed by atoms with Gasteiger partial charge in [-0.2, -0.15) is 0 Å². The molecule has 0 heterocycles. The fraction of sp³-hybridized carbons (Fsp3) is 0. The summed E-state index contributed by atoms with van der Waals surface area (Å²) in [7, 11) is 0. The predicted octanol–water partition coefficient (Wildman–Crippen LogP) is -3.16. The molecule has 0 aliphatic heterocycles. The van der Waals surface area contributed by atoms with Gasteiger partial charge in [0.2, 0.25) is 0 Å². The molecular formula is C2H11FeNO7. The summed E-state index contributed by atoms with van der Waals surface area (Å²) in [5.41, 5.74) is 0. The van der Waals surface area contributed by atoms with Crippen molar-refractivity contribution in [3.8, 4) is 0 Å². The summed E-state index contributed by atoms with van der Waals surface area (Å²) in [4.78, 5) is 18.2. The van der Waals surface area contributed by atoms with Gasteiger partial charge in [-0.15, -0.1) is 0 Å². The number of aliphatic carboxylic acids is 2. The van der Waals surface area contributed by atoms with E-state index in [0.29, 0.717) is 0 Å². The monoisotopic (exact) mass is 217 g/mol. The Kier molecular flexibility index (Phi) is 99.9. The van der Waals surface area contributed by atoms with Gasteiger partial charge in [-0.1, -0.05) is 0 Å². The molecule has 0 aliphatic carbocycles. The first kappa shape index (κ1) is 48.2. The molecule has 0 fully saturated rings. The maximum absolute atomic E-state index is 9.10. The van der Waals surface area contributed by atoms with E-state index < -0.39 is 11.9 Å². The molecule has 11 N–H and O–H groups in total. The molecule has 74 valence electrons. The van der Waals surface area contributed by atoms with Gasteiger partial charge in [-0.25, -0.2) is 9.59 Å². The van der Waals surface area contributed by atoms with E-state index in [9.17, 15) is 0 Å². The van der Waals surface area contributed by atoms with Crippen LogP contribution in [0, 0.1) is 0 Å². The number of rotatable bonds is 0. The van der Waals surface area contributed by atoms with Gasteiger partial charge in [0.1, 0.15) is 0 Å². The van der Waals surface area contributed by atoms with Gasteiger partial charge in [-0.05, 0) is 0 Å². The molecule has 0 aromatic carbocycles. The zero-order chi connectivity index (χ0) is 5.15. The molecule has 0 unspecified atom stereocenters. The number of hydrogen-bond donors (Lipinski definition) is 3. The maximum Gasteiger partial charge on any atom is 0.414 e. The Hall–Kier alpha value is -0.701. The molecule has 0 aliphatic rings. The molecule has 0 spiro atoms. The summed E-state index contributed by atoms with van der Waals surface area (Å²) in [6.07, 6.45) is 0. The van der Waals surface area contributed by atoms with Crippen molar-refractivity contribution in [2.45, 2.75) is 0 Å². The number of carboxylic acids is 2. The third-order valence-electron chi connectivity index (χ3n) is 0.183. The summed E-state index contributed by atoms with van der Waals surface area (Å²) in [6.45, 7) is 0. The van der Waals surface area contributed by atoms with Crippen molar-refractivity contribution in [3.05, 3.63) is 0 Å².